The maximum Gasteiger partial charge on any atom is 0.291 e. The van der Waals surface area contributed by atoms with E-state index in [1.165, 1.54) is 0 Å². The topological polar surface area (TPSA) is 48.7 Å². The van der Waals surface area contributed by atoms with E-state index in [0.29, 0.717) is 16.3 Å². The quantitative estimate of drug-likeness (QED) is 0.755. The molecule has 2 aromatic carbocycles. The molecule has 1 aliphatic heterocycles. The summed E-state index contributed by atoms with van der Waals surface area (Å²) < 4.78 is 5.67. The minimum absolute atomic E-state index is 0.279. The maximum absolute atomic E-state index is 12.7. The van der Waals surface area contributed by atoms with Crippen molar-refractivity contribution in [1.82, 2.24) is 4.90 Å². The number of piperazine rings is 1. The van der Waals surface area contributed by atoms with Crippen molar-refractivity contribution >= 4 is 39.9 Å². The lowest BCUT2D eigenvalue weighted by molar-refractivity contribution is 0.0998. The molecule has 0 unspecified atom stereocenters. The molecular formula is C20H20ClN3O2. The van der Waals surface area contributed by atoms with Gasteiger partial charge in [0.25, 0.3) is 5.91 Å². The van der Waals surface area contributed by atoms with Gasteiger partial charge in [-0.2, -0.15) is 0 Å². The number of nitrogens with zero attached hydrogens (tertiary/aromatic N) is 2. The second-order valence-corrected chi connectivity index (χ2v) is 6.99. The van der Waals surface area contributed by atoms with Crippen molar-refractivity contribution in [2.24, 2.45) is 0 Å². The first-order valence-corrected chi connectivity index (χ1v) is 9.01. The molecule has 0 spiro atoms. The molecule has 0 aliphatic carbocycles. The van der Waals surface area contributed by atoms with Crippen molar-refractivity contribution in [3.63, 3.8) is 0 Å². The molecule has 1 aromatic heterocycles. The van der Waals surface area contributed by atoms with Crippen LogP contribution in [-0.4, -0.2) is 44.0 Å². The van der Waals surface area contributed by atoms with Crippen LogP contribution < -0.4 is 10.2 Å². The van der Waals surface area contributed by atoms with E-state index in [1.54, 1.807) is 12.1 Å². The fraction of sp³-hybridized carbons (Fsp3) is 0.250. The van der Waals surface area contributed by atoms with Crippen molar-refractivity contribution in [3.05, 3.63) is 59.3 Å². The Hall–Kier alpha value is -2.50. The summed E-state index contributed by atoms with van der Waals surface area (Å²) in [5.74, 6) is 0.00865. The molecule has 0 radical (unpaired) electrons. The SMILES string of the molecule is CN1CCN(c2ccc(Cl)cc2NC(=O)c2cc3ccccc3o2)CC1. The minimum Gasteiger partial charge on any atom is -0.451 e. The van der Waals surface area contributed by atoms with Gasteiger partial charge in [-0.25, -0.2) is 0 Å². The minimum atomic E-state index is -0.279. The molecule has 3 aromatic rings. The van der Waals surface area contributed by atoms with Crippen LogP contribution in [0, 0.1) is 0 Å². The van der Waals surface area contributed by atoms with Crippen LogP contribution in [0.3, 0.4) is 0 Å². The van der Waals surface area contributed by atoms with E-state index in [1.807, 2.05) is 36.4 Å². The van der Waals surface area contributed by atoms with Gasteiger partial charge in [-0.15, -0.1) is 0 Å². The highest BCUT2D eigenvalue weighted by atomic mass is 35.5. The second kappa shape index (κ2) is 7.02. The average molecular weight is 370 g/mol. The van der Waals surface area contributed by atoms with Gasteiger partial charge >= 0.3 is 0 Å². The zero-order valence-electron chi connectivity index (χ0n) is 14.5. The fourth-order valence-corrected chi connectivity index (χ4v) is 3.38. The van der Waals surface area contributed by atoms with Crippen LogP contribution in [0.15, 0.2) is 52.9 Å². The summed E-state index contributed by atoms with van der Waals surface area (Å²) in [4.78, 5) is 17.3. The van der Waals surface area contributed by atoms with E-state index in [4.69, 9.17) is 16.0 Å². The van der Waals surface area contributed by atoms with E-state index in [9.17, 15) is 4.79 Å². The van der Waals surface area contributed by atoms with Crippen LogP contribution in [0.1, 0.15) is 10.6 Å². The molecule has 1 fully saturated rings. The zero-order valence-corrected chi connectivity index (χ0v) is 15.3. The van der Waals surface area contributed by atoms with Crippen LogP contribution >= 0.6 is 11.6 Å². The normalized spacial score (nSPS) is 15.4. The third-order valence-corrected chi connectivity index (χ3v) is 4.94. The number of para-hydroxylation sites is 1. The monoisotopic (exact) mass is 369 g/mol. The summed E-state index contributed by atoms with van der Waals surface area (Å²) in [7, 11) is 2.11. The molecule has 1 N–H and O–H groups in total. The predicted octanol–water partition coefficient (Wildman–Crippen LogP) is 4.09. The lowest BCUT2D eigenvalue weighted by Crippen LogP contribution is -2.44. The smallest absolute Gasteiger partial charge is 0.291 e. The Bertz CT molecular complexity index is 912. The number of carbonyl (C=O) groups is 1. The number of likely N-dealkylation sites (N-methyl/N-ethyl adjacent to an activating group) is 1. The molecule has 1 saturated heterocycles. The Morgan fingerprint density at radius 1 is 1.08 bits per heavy atom. The number of hydrogen-bond donors (Lipinski definition) is 1. The van der Waals surface area contributed by atoms with Gasteiger partial charge < -0.3 is 19.5 Å². The van der Waals surface area contributed by atoms with Crippen molar-refractivity contribution in [2.45, 2.75) is 0 Å². The van der Waals surface area contributed by atoms with Crippen molar-refractivity contribution in [1.29, 1.82) is 0 Å². The highest BCUT2D eigenvalue weighted by Gasteiger charge is 2.20. The van der Waals surface area contributed by atoms with Crippen LogP contribution in [0.5, 0.6) is 0 Å². The lowest BCUT2D eigenvalue weighted by atomic mass is 10.2. The van der Waals surface area contributed by atoms with Crippen molar-refractivity contribution < 1.29 is 9.21 Å². The molecule has 2 heterocycles. The number of fused-ring (bicyclic) bond motifs is 1. The van der Waals surface area contributed by atoms with Gasteiger partial charge in [0.15, 0.2) is 5.76 Å². The molecule has 134 valence electrons. The Morgan fingerprint density at radius 2 is 1.85 bits per heavy atom. The molecule has 1 aliphatic rings. The van der Waals surface area contributed by atoms with E-state index < -0.39 is 0 Å². The first-order valence-electron chi connectivity index (χ1n) is 8.63. The summed E-state index contributed by atoms with van der Waals surface area (Å²) in [5, 5.41) is 4.46. The number of anilines is 2. The molecule has 0 saturated carbocycles. The number of furan rings is 1. The van der Waals surface area contributed by atoms with Crippen LogP contribution in [-0.2, 0) is 0 Å². The summed E-state index contributed by atoms with van der Waals surface area (Å²) in [6.07, 6.45) is 0. The van der Waals surface area contributed by atoms with Crippen LogP contribution in [0.25, 0.3) is 11.0 Å². The largest absolute Gasteiger partial charge is 0.451 e. The summed E-state index contributed by atoms with van der Waals surface area (Å²) in [6, 6.07) is 14.9. The van der Waals surface area contributed by atoms with E-state index >= 15 is 0 Å². The Kier molecular flexibility index (Phi) is 4.57. The highest BCUT2D eigenvalue weighted by molar-refractivity contribution is 6.31. The first kappa shape index (κ1) is 16.9. The molecule has 4 rings (SSSR count). The highest BCUT2D eigenvalue weighted by Crippen LogP contribution is 2.31. The molecule has 0 bridgehead atoms. The van der Waals surface area contributed by atoms with Crippen LogP contribution in [0.4, 0.5) is 11.4 Å². The standard InChI is InChI=1S/C20H20ClN3O2/c1-23-8-10-24(11-9-23)17-7-6-15(21)13-16(17)22-20(25)19-12-14-4-2-3-5-18(14)26-19/h2-7,12-13H,8-11H2,1H3,(H,22,25). The molecule has 1 amide bonds. The molecule has 6 heteroatoms. The molecule has 5 nitrogen and oxygen atoms in total. The Morgan fingerprint density at radius 3 is 2.62 bits per heavy atom. The van der Waals surface area contributed by atoms with Gasteiger partial charge in [-0.1, -0.05) is 29.8 Å². The van der Waals surface area contributed by atoms with E-state index in [2.05, 4.69) is 22.2 Å². The summed E-state index contributed by atoms with van der Waals surface area (Å²) in [6.45, 7) is 3.79. The number of hydrogen-bond acceptors (Lipinski definition) is 4. The van der Waals surface area contributed by atoms with E-state index in [0.717, 1.165) is 37.3 Å². The van der Waals surface area contributed by atoms with Gasteiger partial charge in [0, 0.05) is 36.6 Å². The molecular weight excluding hydrogens is 350 g/mol. The number of carbonyl (C=O) groups excluding carboxylic acids is 1. The first-order chi connectivity index (χ1) is 12.6. The predicted molar refractivity (Wildman–Crippen MR) is 105 cm³/mol. The Labute approximate surface area is 157 Å². The number of benzene rings is 2. The van der Waals surface area contributed by atoms with Gasteiger partial charge in [-0.05, 0) is 37.4 Å². The van der Waals surface area contributed by atoms with Crippen molar-refractivity contribution in [2.75, 3.05) is 43.4 Å². The lowest BCUT2D eigenvalue weighted by Gasteiger charge is -2.35. The number of nitrogens with one attached hydrogen (secondary N) is 1. The molecule has 26 heavy (non-hydrogen) atoms. The maximum atomic E-state index is 12.7. The van der Waals surface area contributed by atoms with Crippen molar-refractivity contribution in [3.8, 4) is 0 Å². The Balaban J connectivity index is 1.60. The number of halogens is 1. The second-order valence-electron chi connectivity index (χ2n) is 6.55. The van der Waals surface area contributed by atoms with Gasteiger partial charge in [0.05, 0.1) is 11.4 Å². The van der Waals surface area contributed by atoms with Gasteiger partial charge in [-0.3, -0.25) is 4.79 Å². The number of amides is 1. The van der Waals surface area contributed by atoms with Gasteiger partial charge in [0.1, 0.15) is 5.58 Å². The number of rotatable bonds is 3. The summed E-state index contributed by atoms with van der Waals surface area (Å²) in [5.41, 5.74) is 2.38. The zero-order chi connectivity index (χ0) is 18.1. The third kappa shape index (κ3) is 3.41. The van der Waals surface area contributed by atoms with Crippen LogP contribution in [0.2, 0.25) is 5.02 Å². The molecule has 0 atom stereocenters. The fourth-order valence-electron chi connectivity index (χ4n) is 3.21. The third-order valence-electron chi connectivity index (χ3n) is 4.70. The van der Waals surface area contributed by atoms with Gasteiger partial charge in [0.2, 0.25) is 0 Å². The summed E-state index contributed by atoms with van der Waals surface area (Å²) >= 11 is 6.17. The average Bonchev–Trinajstić information content (AvgIpc) is 3.07. The van der Waals surface area contributed by atoms with E-state index in [-0.39, 0.29) is 11.7 Å².